The minimum Gasteiger partial charge on any atom is -0.449 e. The van der Waals surface area contributed by atoms with Crippen LogP contribution in [0.15, 0.2) is 10.9 Å². The Labute approximate surface area is 248 Å². The quantitative estimate of drug-likeness (QED) is 0.104. The molecule has 3 atom stereocenters. The van der Waals surface area contributed by atoms with Crippen molar-refractivity contribution in [2.45, 2.75) is 144 Å². The predicted octanol–water partition coefficient (Wildman–Crippen LogP) is 7.85. The fourth-order valence-corrected chi connectivity index (χ4v) is 5.10. The molecule has 9 nitrogen and oxygen atoms in total. The van der Waals surface area contributed by atoms with E-state index in [0.717, 1.165) is 25.7 Å². The Bertz CT molecular complexity index is 922. The minimum atomic E-state index is -0.436. The highest BCUT2D eigenvalue weighted by Crippen LogP contribution is 2.28. The molecule has 236 valence electrons. The van der Waals surface area contributed by atoms with Crippen molar-refractivity contribution in [1.29, 1.82) is 0 Å². The summed E-state index contributed by atoms with van der Waals surface area (Å²) in [5.74, 6) is 0.534. The smallest absolute Gasteiger partial charge is 0.407 e. The van der Waals surface area contributed by atoms with E-state index in [2.05, 4.69) is 60.5 Å². The van der Waals surface area contributed by atoms with Crippen LogP contribution in [0.3, 0.4) is 0 Å². The van der Waals surface area contributed by atoms with E-state index in [1.54, 1.807) is 6.92 Å². The molecule has 0 bridgehead atoms. The van der Waals surface area contributed by atoms with E-state index in [4.69, 9.17) is 4.74 Å². The summed E-state index contributed by atoms with van der Waals surface area (Å²) in [6.45, 7) is 13.3. The highest BCUT2D eigenvalue weighted by Gasteiger charge is 2.28. The van der Waals surface area contributed by atoms with E-state index in [9.17, 15) is 14.4 Å². The molecular formula is C32H59N5O4. The number of hydrogen-bond acceptors (Lipinski definition) is 5. The zero-order chi connectivity index (χ0) is 30.5. The van der Waals surface area contributed by atoms with Gasteiger partial charge in [-0.25, -0.2) is 9.59 Å². The first-order valence-corrected chi connectivity index (χ1v) is 16.2. The third-order valence-corrected chi connectivity index (χ3v) is 8.07. The summed E-state index contributed by atoms with van der Waals surface area (Å²) in [6.07, 6.45) is 16.8. The van der Waals surface area contributed by atoms with Crippen LogP contribution in [0, 0.1) is 18.3 Å². The lowest BCUT2D eigenvalue weighted by Crippen LogP contribution is -2.44. The summed E-state index contributed by atoms with van der Waals surface area (Å²) < 4.78 is 5.76. The molecule has 9 heteroatoms. The van der Waals surface area contributed by atoms with Crippen LogP contribution in [0.25, 0.3) is 0 Å². The number of urea groups is 1. The molecule has 1 rings (SSSR count). The summed E-state index contributed by atoms with van der Waals surface area (Å²) in [5.41, 5.74) is -0.0326. The van der Waals surface area contributed by atoms with Gasteiger partial charge in [-0.05, 0) is 50.4 Å². The molecule has 0 spiro atoms. The average molecular weight is 578 g/mol. The number of aromatic nitrogens is 2. The standard InChI is InChI=1S/C32H59N5O4/c1-7-11-13-15-16-18-20-26(19-17-14-12-8-2)23-41-31(40)35-27(9-3)22-32(6,10-4)24-33-30(39)37-29-34-25(5)21-28(38)36-29/h21,26-27H,7-20,22-24H2,1-6H3,(H,35,40)(H3,33,34,36,37,38,39). The molecule has 3 amide bonds. The Hall–Kier alpha value is -2.58. The highest BCUT2D eigenvalue weighted by atomic mass is 16.5. The molecule has 0 aliphatic rings. The number of aromatic amines is 1. The van der Waals surface area contributed by atoms with Crippen LogP contribution >= 0.6 is 0 Å². The zero-order valence-corrected chi connectivity index (χ0v) is 26.8. The number of H-pyrrole nitrogens is 1. The second-order valence-electron chi connectivity index (χ2n) is 12.0. The van der Waals surface area contributed by atoms with Crippen molar-refractivity contribution in [2.75, 3.05) is 18.5 Å². The van der Waals surface area contributed by atoms with Crippen molar-refractivity contribution in [1.82, 2.24) is 20.6 Å². The largest absolute Gasteiger partial charge is 0.449 e. The van der Waals surface area contributed by atoms with Gasteiger partial charge >= 0.3 is 12.1 Å². The maximum absolute atomic E-state index is 12.8. The number of nitrogens with zero attached hydrogens (tertiary/aromatic N) is 1. The van der Waals surface area contributed by atoms with Crippen LogP contribution in [0.4, 0.5) is 15.5 Å². The van der Waals surface area contributed by atoms with E-state index in [-0.39, 0.29) is 23.5 Å². The van der Waals surface area contributed by atoms with E-state index < -0.39 is 11.6 Å². The number of hydrogen-bond donors (Lipinski definition) is 4. The van der Waals surface area contributed by atoms with Crippen molar-refractivity contribution in [3.8, 4) is 0 Å². The van der Waals surface area contributed by atoms with Gasteiger partial charge in [0.25, 0.3) is 5.56 Å². The SMILES string of the molecule is CCCCCCCCC(CCCCCC)COC(=O)NC(CC)CC(C)(CC)CNC(=O)Nc1nc(=O)cc(C)[nH]1. The number of amides is 3. The Kier molecular flexibility index (Phi) is 18.8. The predicted molar refractivity (Wildman–Crippen MR) is 168 cm³/mol. The number of unbranched alkanes of at least 4 members (excludes halogenated alkanes) is 8. The van der Waals surface area contributed by atoms with Gasteiger partial charge in [0, 0.05) is 24.3 Å². The van der Waals surface area contributed by atoms with Crippen LogP contribution < -0.4 is 21.5 Å². The summed E-state index contributed by atoms with van der Waals surface area (Å²) >= 11 is 0. The van der Waals surface area contributed by atoms with Gasteiger partial charge in [-0.1, -0.05) is 98.8 Å². The summed E-state index contributed by atoms with van der Waals surface area (Å²) in [4.78, 5) is 43.5. The molecule has 1 heterocycles. The average Bonchev–Trinajstić information content (AvgIpc) is 2.93. The fraction of sp³-hybridized carbons (Fsp3) is 0.812. The monoisotopic (exact) mass is 577 g/mol. The Balaban J connectivity index is 2.56. The number of aryl methyl sites for hydroxylation is 1. The van der Waals surface area contributed by atoms with Crippen LogP contribution in [-0.2, 0) is 4.74 Å². The maximum atomic E-state index is 12.8. The lowest BCUT2D eigenvalue weighted by atomic mass is 9.80. The molecule has 0 aliphatic carbocycles. The van der Waals surface area contributed by atoms with Gasteiger partial charge in [0.05, 0.1) is 6.61 Å². The maximum Gasteiger partial charge on any atom is 0.407 e. The Morgan fingerprint density at radius 1 is 0.976 bits per heavy atom. The first-order chi connectivity index (χ1) is 19.6. The molecule has 0 aromatic carbocycles. The van der Waals surface area contributed by atoms with Crippen LogP contribution in [0.5, 0.6) is 0 Å². The van der Waals surface area contributed by atoms with Crippen molar-refractivity contribution in [2.24, 2.45) is 11.3 Å². The van der Waals surface area contributed by atoms with Gasteiger partial charge in [-0.3, -0.25) is 10.1 Å². The van der Waals surface area contributed by atoms with Gasteiger partial charge < -0.3 is 20.4 Å². The number of rotatable bonds is 22. The molecule has 0 aliphatic heterocycles. The number of carbonyl (C=O) groups excluding carboxylic acids is 2. The Morgan fingerprint density at radius 2 is 1.59 bits per heavy atom. The molecule has 0 radical (unpaired) electrons. The van der Waals surface area contributed by atoms with Crippen molar-refractivity contribution >= 4 is 18.1 Å². The van der Waals surface area contributed by atoms with E-state index in [0.29, 0.717) is 31.2 Å². The van der Waals surface area contributed by atoms with E-state index in [1.165, 1.54) is 70.3 Å². The molecule has 41 heavy (non-hydrogen) atoms. The van der Waals surface area contributed by atoms with Gasteiger partial charge in [-0.2, -0.15) is 4.98 Å². The number of ether oxygens (including phenoxy) is 1. The molecule has 3 unspecified atom stereocenters. The Morgan fingerprint density at radius 3 is 2.17 bits per heavy atom. The minimum absolute atomic E-state index is 0.0614. The third kappa shape index (κ3) is 17.1. The van der Waals surface area contributed by atoms with Gasteiger partial charge in [0.15, 0.2) is 0 Å². The molecule has 0 saturated heterocycles. The van der Waals surface area contributed by atoms with Crippen molar-refractivity contribution in [3.63, 3.8) is 0 Å². The second kappa shape index (κ2) is 21.2. The van der Waals surface area contributed by atoms with Gasteiger partial charge in [0.2, 0.25) is 5.95 Å². The first-order valence-electron chi connectivity index (χ1n) is 16.2. The van der Waals surface area contributed by atoms with Crippen molar-refractivity contribution < 1.29 is 14.3 Å². The molecular weight excluding hydrogens is 518 g/mol. The summed E-state index contributed by atoms with van der Waals surface area (Å²) in [5, 5.41) is 8.56. The van der Waals surface area contributed by atoms with Crippen LogP contribution in [-0.4, -0.2) is 41.3 Å². The molecule has 1 aromatic rings. The number of nitrogens with one attached hydrogen (secondary N) is 4. The van der Waals surface area contributed by atoms with Gasteiger partial charge in [-0.15, -0.1) is 0 Å². The van der Waals surface area contributed by atoms with Crippen LogP contribution in [0.2, 0.25) is 0 Å². The normalized spacial score (nSPS) is 14.1. The topological polar surface area (TPSA) is 125 Å². The first kappa shape index (κ1) is 36.4. The lowest BCUT2D eigenvalue weighted by molar-refractivity contribution is 0.113. The molecule has 0 fully saturated rings. The van der Waals surface area contributed by atoms with Crippen molar-refractivity contribution in [3.05, 3.63) is 22.1 Å². The zero-order valence-electron chi connectivity index (χ0n) is 26.8. The molecule has 1 aromatic heterocycles. The van der Waals surface area contributed by atoms with E-state index in [1.807, 2.05) is 0 Å². The van der Waals surface area contributed by atoms with Crippen LogP contribution in [0.1, 0.15) is 137 Å². The highest BCUT2D eigenvalue weighted by molar-refractivity contribution is 5.87. The van der Waals surface area contributed by atoms with E-state index >= 15 is 0 Å². The summed E-state index contributed by atoms with van der Waals surface area (Å²) in [7, 11) is 0. The third-order valence-electron chi connectivity index (χ3n) is 8.07. The second-order valence-corrected chi connectivity index (χ2v) is 12.0. The number of alkyl carbamates (subject to hydrolysis) is 1. The lowest BCUT2D eigenvalue weighted by Gasteiger charge is -2.32. The fourth-order valence-electron chi connectivity index (χ4n) is 5.10. The molecule has 4 N–H and O–H groups in total. The number of carbonyl (C=O) groups is 2. The summed E-state index contributed by atoms with van der Waals surface area (Å²) in [6, 6.07) is 0.867. The number of anilines is 1. The van der Waals surface area contributed by atoms with Gasteiger partial charge in [0.1, 0.15) is 0 Å². The molecule has 0 saturated carbocycles.